The minimum absolute atomic E-state index is 0.231. The van der Waals surface area contributed by atoms with Gasteiger partial charge in [0.1, 0.15) is 17.3 Å². The average Bonchev–Trinajstić information content (AvgIpc) is 2.84. The van der Waals surface area contributed by atoms with Crippen LogP contribution in [0.5, 0.6) is 11.5 Å². The number of methoxy groups -OCH3 is 1. The highest BCUT2D eigenvalue weighted by Gasteiger charge is 2.42. The highest BCUT2D eigenvalue weighted by atomic mass is 19.1. The smallest absolute Gasteiger partial charge is 0.178 e. The third-order valence-electron chi connectivity index (χ3n) is 6.45. The van der Waals surface area contributed by atoms with Crippen LogP contribution in [-0.2, 0) is 0 Å². The number of anilines is 3. The van der Waals surface area contributed by atoms with Crippen molar-refractivity contribution in [3.05, 3.63) is 78.6 Å². The summed E-state index contributed by atoms with van der Waals surface area (Å²) in [6.45, 7) is 6.32. The van der Waals surface area contributed by atoms with Crippen molar-refractivity contribution in [2.45, 2.75) is 12.6 Å². The molecule has 0 amide bonds. The van der Waals surface area contributed by atoms with E-state index in [0.717, 1.165) is 54.7 Å². The molecule has 0 aliphatic carbocycles. The number of rotatable bonds is 4. The van der Waals surface area contributed by atoms with Gasteiger partial charge in [-0.3, -0.25) is 4.90 Å². The van der Waals surface area contributed by atoms with Crippen molar-refractivity contribution in [3.8, 4) is 11.5 Å². The molecule has 3 aromatic rings. The average molecular weight is 434 g/mol. The first-order chi connectivity index (χ1) is 15.6. The molecule has 1 fully saturated rings. The monoisotopic (exact) mass is 433 g/mol. The number of benzene rings is 3. The summed E-state index contributed by atoms with van der Waals surface area (Å²) in [5.74, 6) is 1.51. The summed E-state index contributed by atoms with van der Waals surface area (Å²) in [7, 11) is 1.72. The first-order valence-corrected chi connectivity index (χ1v) is 11.0. The summed E-state index contributed by atoms with van der Waals surface area (Å²) < 4.78 is 25.7. The number of hydrogen-bond donors (Lipinski definition) is 0. The molecule has 1 unspecified atom stereocenters. The normalized spacial score (nSPS) is 21.1. The Bertz CT molecular complexity index is 1080. The van der Waals surface area contributed by atoms with Crippen LogP contribution < -0.4 is 19.3 Å². The fourth-order valence-electron chi connectivity index (χ4n) is 4.74. The van der Waals surface area contributed by atoms with E-state index in [1.165, 1.54) is 12.1 Å². The Morgan fingerprint density at radius 2 is 1.50 bits per heavy atom. The molecule has 2 heterocycles. The lowest BCUT2D eigenvalue weighted by molar-refractivity contribution is -0.0708. The number of para-hydroxylation sites is 4. The molecule has 0 spiro atoms. The topological polar surface area (TPSA) is 28.2 Å². The number of halogens is 1. The number of hydrogen-bond acceptors (Lipinski definition) is 5. The van der Waals surface area contributed by atoms with Gasteiger partial charge in [-0.2, -0.15) is 0 Å². The van der Waals surface area contributed by atoms with Crippen LogP contribution in [0.4, 0.5) is 21.5 Å². The zero-order chi connectivity index (χ0) is 22.1. The van der Waals surface area contributed by atoms with Crippen LogP contribution in [0.3, 0.4) is 0 Å². The third kappa shape index (κ3) is 3.75. The Hall–Kier alpha value is -3.25. The van der Waals surface area contributed by atoms with Crippen LogP contribution in [0.1, 0.15) is 6.92 Å². The van der Waals surface area contributed by atoms with Gasteiger partial charge < -0.3 is 19.3 Å². The van der Waals surface area contributed by atoms with E-state index >= 15 is 0 Å². The molecule has 0 saturated carbocycles. The predicted octanol–water partition coefficient (Wildman–Crippen LogP) is 4.90. The van der Waals surface area contributed by atoms with E-state index in [2.05, 4.69) is 33.8 Å². The molecule has 0 radical (unpaired) electrons. The fraction of sp³-hybridized carbons (Fsp3) is 0.308. The van der Waals surface area contributed by atoms with E-state index in [0.29, 0.717) is 6.54 Å². The van der Waals surface area contributed by atoms with Gasteiger partial charge in [-0.15, -0.1) is 0 Å². The van der Waals surface area contributed by atoms with Crippen molar-refractivity contribution in [2.75, 3.05) is 49.6 Å². The summed E-state index contributed by atoms with van der Waals surface area (Å²) in [5, 5.41) is 0. The fourth-order valence-corrected chi connectivity index (χ4v) is 4.74. The summed E-state index contributed by atoms with van der Waals surface area (Å²) in [6.07, 6.45) is 0. The van der Waals surface area contributed by atoms with Crippen molar-refractivity contribution in [3.63, 3.8) is 0 Å². The summed E-state index contributed by atoms with van der Waals surface area (Å²) in [4.78, 5) is 7.00. The van der Waals surface area contributed by atoms with E-state index < -0.39 is 5.72 Å². The molecular formula is C26H28FN3O2. The standard InChI is InChI=1S/C26H28FN3O2/c1-26(29-17-15-28(16-18-29)22-7-3-5-9-24(22)31-2)19-30(21-13-11-20(27)12-14-21)23-8-4-6-10-25(23)32-26/h3-14H,15-19H2,1-2H3. The predicted molar refractivity (Wildman–Crippen MR) is 126 cm³/mol. The van der Waals surface area contributed by atoms with Gasteiger partial charge in [0.05, 0.1) is 25.0 Å². The van der Waals surface area contributed by atoms with E-state index in [-0.39, 0.29) is 5.82 Å². The van der Waals surface area contributed by atoms with Crippen molar-refractivity contribution in [1.82, 2.24) is 4.90 Å². The minimum Gasteiger partial charge on any atom is -0.495 e. The highest BCUT2D eigenvalue weighted by Crippen LogP contribution is 2.42. The Morgan fingerprint density at radius 1 is 0.844 bits per heavy atom. The van der Waals surface area contributed by atoms with Gasteiger partial charge in [0, 0.05) is 31.9 Å². The van der Waals surface area contributed by atoms with Gasteiger partial charge in [0.25, 0.3) is 0 Å². The van der Waals surface area contributed by atoms with E-state index in [9.17, 15) is 4.39 Å². The largest absolute Gasteiger partial charge is 0.495 e. The van der Waals surface area contributed by atoms with Crippen LogP contribution >= 0.6 is 0 Å². The van der Waals surface area contributed by atoms with Gasteiger partial charge in [-0.05, 0) is 55.5 Å². The van der Waals surface area contributed by atoms with Gasteiger partial charge in [-0.1, -0.05) is 24.3 Å². The quantitative estimate of drug-likeness (QED) is 0.583. The second-order valence-electron chi connectivity index (χ2n) is 8.45. The molecule has 1 saturated heterocycles. The first-order valence-electron chi connectivity index (χ1n) is 11.0. The lowest BCUT2D eigenvalue weighted by Crippen LogP contribution is -2.63. The molecule has 2 aliphatic heterocycles. The molecule has 0 bridgehead atoms. The highest BCUT2D eigenvalue weighted by molar-refractivity contribution is 5.71. The van der Waals surface area contributed by atoms with Crippen LogP contribution in [-0.4, -0.2) is 50.5 Å². The Kier molecular flexibility index (Phi) is 5.39. The van der Waals surface area contributed by atoms with Crippen LogP contribution in [0, 0.1) is 5.82 Å². The second-order valence-corrected chi connectivity index (χ2v) is 8.45. The van der Waals surface area contributed by atoms with Crippen molar-refractivity contribution < 1.29 is 13.9 Å². The third-order valence-corrected chi connectivity index (χ3v) is 6.45. The lowest BCUT2D eigenvalue weighted by Gasteiger charge is -2.50. The Morgan fingerprint density at radius 3 is 2.22 bits per heavy atom. The maximum absolute atomic E-state index is 13.6. The molecule has 166 valence electrons. The zero-order valence-electron chi connectivity index (χ0n) is 18.5. The Balaban J connectivity index is 1.39. The molecular weight excluding hydrogens is 405 g/mol. The summed E-state index contributed by atoms with van der Waals surface area (Å²) in [5.41, 5.74) is 2.59. The van der Waals surface area contributed by atoms with Gasteiger partial charge >= 0.3 is 0 Å². The van der Waals surface area contributed by atoms with Crippen molar-refractivity contribution >= 4 is 17.1 Å². The molecule has 5 nitrogen and oxygen atoms in total. The van der Waals surface area contributed by atoms with Crippen molar-refractivity contribution in [1.29, 1.82) is 0 Å². The van der Waals surface area contributed by atoms with E-state index in [1.807, 2.05) is 48.5 Å². The molecule has 2 aliphatic rings. The Labute approximate surface area is 188 Å². The SMILES string of the molecule is COc1ccccc1N1CCN(C2(C)CN(c3ccc(F)cc3)c3ccccc3O2)CC1. The molecule has 3 aromatic carbocycles. The summed E-state index contributed by atoms with van der Waals surface area (Å²) >= 11 is 0. The zero-order valence-corrected chi connectivity index (χ0v) is 18.5. The molecule has 5 rings (SSSR count). The van der Waals surface area contributed by atoms with Gasteiger partial charge in [0.2, 0.25) is 0 Å². The molecule has 1 atom stereocenters. The first kappa shape index (κ1) is 20.6. The maximum atomic E-state index is 13.6. The lowest BCUT2D eigenvalue weighted by atomic mass is 10.1. The van der Waals surface area contributed by atoms with Crippen LogP contribution in [0.15, 0.2) is 72.8 Å². The van der Waals surface area contributed by atoms with Crippen LogP contribution in [0.25, 0.3) is 0 Å². The molecule has 32 heavy (non-hydrogen) atoms. The number of nitrogens with zero attached hydrogens (tertiary/aromatic N) is 3. The van der Waals surface area contributed by atoms with Crippen molar-refractivity contribution in [2.24, 2.45) is 0 Å². The van der Waals surface area contributed by atoms with Crippen LogP contribution in [0.2, 0.25) is 0 Å². The van der Waals surface area contributed by atoms with E-state index in [1.54, 1.807) is 7.11 Å². The number of ether oxygens (including phenoxy) is 2. The molecule has 6 heteroatoms. The van der Waals surface area contributed by atoms with Gasteiger partial charge in [-0.25, -0.2) is 4.39 Å². The van der Waals surface area contributed by atoms with E-state index in [4.69, 9.17) is 9.47 Å². The maximum Gasteiger partial charge on any atom is 0.178 e. The summed E-state index contributed by atoms with van der Waals surface area (Å²) in [6, 6.07) is 22.9. The molecule has 0 aromatic heterocycles. The molecule has 0 N–H and O–H groups in total. The number of fused-ring (bicyclic) bond motifs is 1. The van der Waals surface area contributed by atoms with Gasteiger partial charge in [0.15, 0.2) is 5.72 Å². The second kappa shape index (κ2) is 8.36. The minimum atomic E-state index is -0.504. The number of piperazine rings is 1.